The Morgan fingerprint density at radius 2 is 2.11 bits per heavy atom. The van der Waals surface area contributed by atoms with Crippen molar-refractivity contribution in [3.05, 3.63) is 39.7 Å². The Balaban J connectivity index is 1.96. The van der Waals surface area contributed by atoms with E-state index in [0.29, 0.717) is 24.1 Å². The van der Waals surface area contributed by atoms with Gasteiger partial charge in [-0.05, 0) is 37.3 Å². The summed E-state index contributed by atoms with van der Waals surface area (Å²) in [5.74, 6) is 0.114. The number of benzene rings is 1. The molecule has 1 saturated carbocycles. The number of nitrogens with one attached hydrogen (secondary N) is 1. The number of nitrogens with zero attached hydrogens (tertiary/aromatic N) is 1. The highest BCUT2D eigenvalue weighted by molar-refractivity contribution is 5.35. The van der Waals surface area contributed by atoms with Crippen molar-refractivity contribution in [3.8, 4) is 0 Å². The number of hydrogen-bond acceptors (Lipinski definition) is 3. The molecule has 0 radical (unpaired) electrons. The van der Waals surface area contributed by atoms with Crippen LogP contribution in [0.2, 0.25) is 0 Å². The Morgan fingerprint density at radius 1 is 1.42 bits per heavy atom. The van der Waals surface area contributed by atoms with Crippen molar-refractivity contribution in [2.75, 3.05) is 0 Å². The van der Waals surface area contributed by atoms with Gasteiger partial charge in [-0.3, -0.25) is 10.1 Å². The normalized spacial score (nSPS) is 17.6. The van der Waals surface area contributed by atoms with Crippen molar-refractivity contribution >= 4 is 5.69 Å². The summed E-state index contributed by atoms with van der Waals surface area (Å²) in [6.07, 6.45) is 5.03. The Labute approximate surface area is 112 Å². The molecule has 1 aromatic rings. The van der Waals surface area contributed by atoms with E-state index in [1.54, 1.807) is 0 Å². The zero-order valence-corrected chi connectivity index (χ0v) is 11.1. The zero-order valence-electron chi connectivity index (χ0n) is 11.1. The Bertz CT molecular complexity index is 459. The van der Waals surface area contributed by atoms with Gasteiger partial charge in [0.05, 0.1) is 11.0 Å². The van der Waals surface area contributed by atoms with Crippen LogP contribution in [-0.2, 0) is 6.54 Å². The van der Waals surface area contributed by atoms with E-state index in [0.717, 1.165) is 6.07 Å². The maximum absolute atomic E-state index is 13.3. The van der Waals surface area contributed by atoms with Gasteiger partial charge in [0, 0.05) is 18.7 Å². The predicted octanol–water partition coefficient (Wildman–Crippen LogP) is 3.40. The third kappa shape index (κ3) is 3.73. The highest BCUT2D eigenvalue weighted by atomic mass is 19.1. The maximum atomic E-state index is 13.3. The van der Waals surface area contributed by atoms with E-state index in [2.05, 4.69) is 12.2 Å². The Morgan fingerprint density at radius 3 is 2.74 bits per heavy atom. The van der Waals surface area contributed by atoms with Crippen LogP contribution < -0.4 is 5.32 Å². The van der Waals surface area contributed by atoms with Crippen LogP contribution in [0.5, 0.6) is 0 Å². The minimum Gasteiger partial charge on any atom is -0.310 e. The minimum atomic E-state index is -0.563. The van der Waals surface area contributed by atoms with Crippen molar-refractivity contribution < 1.29 is 9.31 Å². The monoisotopic (exact) mass is 266 g/mol. The van der Waals surface area contributed by atoms with E-state index < -0.39 is 10.7 Å². The quantitative estimate of drug-likeness (QED) is 0.656. The fourth-order valence-electron chi connectivity index (χ4n) is 2.74. The van der Waals surface area contributed by atoms with Crippen LogP contribution in [0.25, 0.3) is 0 Å². The topological polar surface area (TPSA) is 55.2 Å². The second-order valence-corrected chi connectivity index (χ2v) is 5.29. The lowest BCUT2D eigenvalue weighted by atomic mass is 9.99. The minimum absolute atomic E-state index is 0.190. The highest BCUT2D eigenvalue weighted by Crippen LogP contribution is 2.27. The molecule has 4 nitrogen and oxygen atoms in total. The van der Waals surface area contributed by atoms with Crippen molar-refractivity contribution in [1.82, 2.24) is 5.32 Å². The van der Waals surface area contributed by atoms with Crippen LogP contribution >= 0.6 is 0 Å². The predicted molar refractivity (Wildman–Crippen MR) is 71.3 cm³/mol. The van der Waals surface area contributed by atoms with Gasteiger partial charge in [0.25, 0.3) is 5.69 Å². The third-order valence-electron chi connectivity index (χ3n) is 3.89. The van der Waals surface area contributed by atoms with E-state index in [4.69, 9.17) is 0 Å². The number of nitro benzene ring substituents is 1. The van der Waals surface area contributed by atoms with E-state index in [9.17, 15) is 14.5 Å². The first-order valence-electron chi connectivity index (χ1n) is 6.73. The van der Waals surface area contributed by atoms with Crippen molar-refractivity contribution in [2.24, 2.45) is 5.92 Å². The summed E-state index contributed by atoms with van der Waals surface area (Å²) in [5.41, 5.74) is 0.432. The number of non-ortho nitro benzene ring substituents is 1. The molecule has 1 aromatic carbocycles. The van der Waals surface area contributed by atoms with Crippen LogP contribution in [0.15, 0.2) is 18.2 Å². The molecule has 1 aliphatic carbocycles. The summed E-state index contributed by atoms with van der Waals surface area (Å²) in [4.78, 5) is 10.1. The first-order chi connectivity index (χ1) is 9.06. The van der Waals surface area contributed by atoms with Gasteiger partial charge in [0.2, 0.25) is 0 Å². The van der Waals surface area contributed by atoms with Gasteiger partial charge in [0.1, 0.15) is 5.82 Å². The molecule has 1 aliphatic rings. The number of rotatable bonds is 5. The zero-order chi connectivity index (χ0) is 13.8. The summed E-state index contributed by atoms with van der Waals surface area (Å²) in [5, 5.41) is 14.0. The van der Waals surface area contributed by atoms with Crippen molar-refractivity contribution in [1.29, 1.82) is 0 Å². The molecular weight excluding hydrogens is 247 g/mol. The van der Waals surface area contributed by atoms with Gasteiger partial charge in [-0.2, -0.15) is 0 Å². The highest BCUT2D eigenvalue weighted by Gasteiger charge is 2.21. The Hall–Kier alpha value is -1.49. The molecule has 0 heterocycles. The summed E-state index contributed by atoms with van der Waals surface area (Å²) in [6.45, 7) is 2.60. The van der Waals surface area contributed by atoms with Gasteiger partial charge in [-0.1, -0.05) is 12.8 Å². The number of halogens is 1. The van der Waals surface area contributed by atoms with Crippen molar-refractivity contribution in [2.45, 2.75) is 45.2 Å². The summed E-state index contributed by atoms with van der Waals surface area (Å²) in [7, 11) is 0. The SMILES string of the molecule is C[C@@H](NCc1cc(F)cc([N+](=O)[O-])c1)C1CCCC1. The Kier molecular flexibility index (Phi) is 4.47. The van der Waals surface area contributed by atoms with Gasteiger partial charge < -0.3 is 5.32 Å². The number of hydrogen-bond donors (Lipinski definition) is 1. The molecule has 0 unspecified atom stereocenters. The van der Waals surface area contributed by atoms with Crippen molar-refractivity contribution in [3.63, 3.8) is 0 Å². The van der Waals surface area contributed by atoms with Gasteiger partial charge >= 0.3 is 0 Å². The summed E-state index contributed by atoms with van der Waals surface area (Å²) >= 11 is 0. The van der Waals surface area contributed by atoms with Crippen LogP contribution in [-0.4, -0.2) is 11.0 Å². The average Bonchev–Trinajstić information content (AvgIpc) is 2.89. The van der Waals surface area contributed by atoms with Gasteiger partial charge in [-0.25, -0.2) is 4.39 Å². The number of nitro groups is 1. The molecule has 0 amide bonds. The fraction of sp³-hybridized carbons (Fsp3) is 0.571. The largest absolute Gasteiger partial charge is 0.310 e. The van der Waals surface area contributed by atoms with E-state index in [1.165, 1.54) is 37.8 Å². The first kappa shape index (κ1) is 13.9. The molecule has 0 aliphatic heterocycles. The maximum Gasteiger partial charge on any atom is 0.272 e. The van der Waals surface area contributed by atoms with E-state index >= 15 is 0 Å². The molecular formula is C14H19FN2O2. The van der Waals surface area contributed by atoms with E-state index in [-0.39, 0.29) is 5.69 Å². The molecule has 0 bridgehead atoms. The van der Waals surface area contributed by atoms with Crippen LogP contribution in [0.1, 0.15) is 38.2 Å². The summed E-state index contributed by atoms with van der Waals surface area (Å²) in [6, 6.07) is 4.09. The van der Waals surface area contributed by atoms with Crippen LogP contribution in [0.4, 0.5) is 10.1 Å². The average molecular weight is 266 g/mol. The molecule has 0 spiro atoms. The molecule has 1 fully saturated rings. The van der Waals surface area contributed by atoms with Gasteiger partial charge in [-0.15, -0.1) is 0 Å². The smallest absolute Gasteiger partial charge is 0.272 e. The molecule has 1 atom stereocenters. The van der Waals surface area contributed by atoms with Gasteiger partial charge in [0.15, 0.2) is 0 Å². The van der Waals surface area contributed by atoms with Crippen LogP contribution in [0, 0.1) is 21.8 Å². The lowest BCUT2D eigenvalue weighted by Gasteiger charge is -2.20. The second kappa shape index (κ2) is 6.10. The molecule has 104 valence electrons. The third-order valence-corrected chi connectivity index (χ3v) is 3.89. The molecule has 5 heteroatoms. The molecule has 0 aromatic heterocycles. The second-order valence-electron chi connectivity index (χ2n) is 5.29. The van der Waals surface area contributed by atoms with E-state index in [1.807, 2.05) is 0 Å². The van der Waals surface area contributed by atoms with Crippen LogP contribution in [0.3, 0.4) is 0 Å². The molecule has 2 rings (SSSR count). The lowest BCUT2D eigenvalue weighted by molar-refractivity contribution is -0.385. The summed E-state index contributed by atoms with van der Waals surface area (Å²) < 4.78 is 13.3. The first-order valence-corrected chi connectivity index (χ1v) is 6.73. The molecule has 0 saturated heterocycles. The molecule has 1 N–H and O–H groups in total. The molecule has 19 heavy (non-hydrogen) atoms. The standard InChI is InChI=1S/C14H19FN2O2/c1-10(12-4-2-3-5-12)16-9-11-6-13(15)8-14(7-11)17(18)19/h6-8,10,12,16H,2-5,9H2,1H3/t10-/m1/s1. The lowest BCUT2D eigenvalue weighted by Crippen LogP contribution is -2.31. The fourth-order valence-corrected chi connectivity index (χ4v) is 2.74.